The van der Waals surface area contributed by atoms with Crippen LogP contribution in [0.2, 0.25) is 0 Å². The average Bonchev–Trinajstić information content (AvgIpc) is 2.67. The number of nitro benzene ring substituents is 1. The lowest BCUT2D eigenvalue weighted by Gasteiger charge is -2.15. The Morgan fingerprint density at radius 3 is 2.32 bits per heavy atom. The molecule has 0 saturated heterocycles. The maximum Gasteiger partial charge on any atom is 0.269 e. The first kappa shape index (κ1) is 21.1. The van der Waals surface area contributed by atoms with E-state index in [9.17, 15) is 28.4 Å². The molecule has 28 heavy (non-hydrogen) atoms. The third kappa shape index (κ3) is 5.93. The van der Waals surface area contributed by atoms with Gasteiger partial charge in [0.1, 0.15) is 11.5 Å². The molecule has 2 aromatic carbocycles. The SMILES string of the molecule is CC(Oc1ccc(O)cc1)C(=O)NCCNS(=O)(=O)c1ccc([N+](=O)[O-])cc1. The molecule has 0 aromatic heterocycles. The van der Waals surface area contributed by atoms with E-state index in [0.717, 1.165) is 24.3 Å². The smallest absolute Gasteiger partial charge is 0.269 e. The van der Waals surface area contributed by atoms with E-state index in [1.807, 2.05) is 0 Å². The zero-order valence-electron chi connectivity index (χ0n) is 14.9. The van der Waals surface area contributed by atoms with Crippen molar-refractivity contribution >= 4 is 21.6 Å². The number of carbonyl (C=O) groups excluding carboxylic acids is 1. The number of non-ortho nitro benzene ring substituents is 1. The molecule has 3 N–H and O–H groups in total. The molecule has 0 aliphatic carbocycles. The highest BCUT2D eigenvalue weighted by atomic mass is 32.2. The largest absolute Gasteiger partial charge is 0.508 e. The van der Waals surface area contributed by atoms with Gasteiger partial charge in [-0.3, -0.25) is 14.9 Å². The maximum absolute atomic E-state index is 12.1. The van der Waals surface area contributed by atoms with Crippen molar-refractivity contribution in [1.29, 1.82) is 0 Å². The highest BCUT2D eigenvalue weighted by Gasteiger charge is 2.17. The maximum atomic E-state index is 12.1. The molecular formula is C17H19N3O7S. The lowest BCUT2D eigenvalue weighted by molar-refractivity contribution is -0.384. The van der Waals surface area contributed by atoms with Gasteiger partial charge in [-0.2, -0.15) is 0 Å². The minimum atomic E-state index is -3.85. The number of ether oxygens (including phenoxy) is 1. The second-order valence-electron chi connectivity index (χ2n) is 5.69. The minimum absolute atomic E-state index is 0.0221. The number of benzene rings is 2. The number of nitrogens with one attached hydrogen (secondary N) is 2. The lowest BCUT2D eigenvalue weighted by Crippen LogP contribution is -2.40. The Kier molecular flexibility index (Phi) is 6.90. The number of hydrogen-bond acceptors (Lipinski definition) is 7. The lowest BCUT2D eigenvalue weighted by atomic mass is 10.3. The van der Waals surface area contributed by atoms with Crippen LogP contribution in [0.4, 0.5) is 5.69 Å². The van der Waals surface area contributed by atoms with Crippen LogP contribution in [0.25, 0.3) is 0 Å². The highest BCUT2D eigenvalue weighted by molar-refractivity contribution is 7.89. The molecule has 0 spiro atoms. The third-order valence-corrected chi connectivity index (χ3v) is 5.07. The molecule has 1 unspecified atom stereocenters. The van der Waals surface area contributed by atoms with Gasteiger partial charge in [0.05, 0.1) is 9.82 Å². The monoisotopic (exact) mass is 409 g/mol. The average molecular weight is 409 g/mol. The van der Waals surface area contributed by atoms with Crippen molar-refractivity contribution in [3.8, 4) is 11.5 Å². The van der Waals surface area contributed by atoms with Crippen molar-refractivity contribution in [2.24, 2.45) is 0 Å². The molecule has 2 aromatic rings. The summed E-state index contributed by atoms with van der Waals surface area (Å²) in [5.41, 5.74) is -0.214. The highest BCUT2D eigenvalue weighted by Crippen LogP contribution is 2.17. The Morgan fingerprint density at radius 1 is 1.14 bits per heavy atom. The fraction of sp³-hybridized carbons (Fsp3) is 0.235. The zero-order chi connectivity index (χ0) is 20.7. The van der Waals surface area contributed by atoms with Gasteiger partial charge >= 0.3 is 0 Å². The summed E-state index contributed by atoms with van der Waals surface area (Å²) in [4.78, 5) is 21.8. The number of rotatable bonds is 9. The van der Waals surface area contributed by atoms with Gasteiger partial charge in [0.2, 0.25) is 10.0 Å². The normalized spacial score (nSPS) is 12.2. The first-order valence-electron chi connectivity index (χ1n) is 8.16. The molecule has 11 heteroatoms. The van der Waals surface area contributed by atoms with E-state index >= 15 is 0 Å². The Balaban J connectivity index is 1.79. The summed E-state index contributed by atoms with van der Waals surface area (Å²) >= 11 is 0. The number of amides is 1. The predicted molar refractivity (Wildman–Crippen MR) is 99.5 cm³/mol. The molecule has 10 nitrogen and oxygen atoms in total. The van der Waals surface area contributed by atoms with Crippen LogP contribution in [0.1, 0.15) is 6.92 Å². The van der Waals surface area contributed by atoms with Crippen LogP contribution in [-0.4, -0.2) is 43.5 Å². The van der Waals surface area contributed by atoms with Crippen molar-refractivity contribution in [3.05, 3.63) is 58.6 Å². The first-order chi connectivity index (χ1) is 13.2. The van der Waals surface area contributed by atoms with E-state index in [2.05, 4.69) is 10.0 Å². The van der Waals surface area contributed by atoms with Crippen LogP contribution in [0.15, 0.2) is 53.4 Å². The van der Waals surface area contributed by atoms with E-state index in [0.29, 0.717) is 5.75 Å². The van der Waals surface area contributed by atoms with Gasteiger partial charge in [0.15, 0.2) is 6.10 Å². The number of nitrogens with zero attached hydrogens (tertiary/aromatic N) is 1. The zero-order valence-corrected chi connectivity index (χ0v) is 15.7. The molecule has 0 radical (unpaired) electrons. The van der Waals surface area contributed by atoms with E-state index < -0.39 is 27.0 Å². The fourth-order valence-electron chi connectivity index (χ4n) is 2.13. The number of aromatic hydroxyl groups is 1. The molecule has 0 aliphatic rings. The third-order valence-electron chi connectivity index (χ3n) is 3.59. The fourth-order valence-corrected chi connectivity index (χ4v) is 3.16. The summed E-state index contributed by atoms with van der Waals surface area (Å²) in [6.45, 7) is 1.48. The summed E-state index contributed by atoms with van der Waals surface area (Å²) < 4.78 is 31.9. The first-order valence-corrected chi connectivity index (χ1v) is 9.65. The Hall–Kier alpha value is -3.18. The molecule has 2 rings (SSSR count). The predicted octanol–water partition coefficient (Wildman–Crippen LogP) is 1.16. The van der Waals surface area contributed by atoms with Gasteiger partial charge in [0.25, 0.3) is 11.6 Å². The van der Waals surface area contributed by atoms with Crippen molar-refractivity contribution in [2.75, 3.05) is 13.1 Å². The molecule has 150 valence electrons. The summed E-state index contributed by atoms with van der Waals surface area (Å²) in [7, 11) is -3.85. The molecule has 1 amide bonds. The topological polar surface area (TPSA) is 148 Å². The van der Waals surface area contributed by atoms with Gasteiger partial charge < -0.3 is 15.2 Å². The number of phenols is 1. The summed E-state index contributed by atoms with van der Waals surface area (Å²) in [5.74, 6) is 0.0340. The van der Waals surface area contributed by atoms with E-state index in [4.69, 9.17) is 4.74 Å². The van der Waals surface area contributed by atoms with E-state index in [1.165, 1.54) is 31.2 Å². The Morgan fingerprint density at radius 2 is 1.75 bits per heavy atom. The minimum Gasteiger partial charge on any atom is -0.508 e. The quantitative estimate of drug-likeness (QED) is 0.320. The number of sulfonamides is 1. The number of phenolic OH excluding ortho intramolecular Hbond substituents is 1. The van der Waals surface area contributed by atoms with Crippen LogP contribution in [0, 0.1) is 10.1 Å². The molecule has 0 heterocycles. The Bertz CT molecular complexity index is 928. The molecule has 0 saturated carbocycles. The number of carbonyl (C=O) groups is 1. The van der Waals surface area contributed by atoms with Gasteiger partial charge in [-0.1, -0.05) is 0 Å². The van der Waals surface area contributed by atoms with E-state index in [1.54, 1.807) is 0 Å². The van der Waals surface area contributed by atoms with E-state index in [-0.39, 0.29) is 29.4 Å². The molecule has 0 fully saturated rings. The van der Waals surface area contributed by atoms with Crippen LogP contribution >= 0.6 is 0 Å². The van der Waals surface area contributed by atoms with Crippen LogP contribution in [-0.2, 0) is 14.8 Å². The Labute approximate surface area is 161 Å². The molecular weight excluding hydrogens is 390 g/mol. The molecule has 1 atom stereocenters. The number of hydrogen-bond donors (Lipinski definition) is 3. The van der Waals surface area contributed by atoms with Crippen molar-refractivity contribution in [3.63, 3.8) is 0 Å². The summed E-state index contributed by atoms with van der Waals surface area (Å²) in [6.07, 6.45) is -0.823. The second kappa shape index (κ2) is 9.15. The van der Waals surface area contributed by atoms with Gasteiger partial charge in [-0.25, -0.2) is 13.1 Å². The van der Waals surface area contributed by atoms with Crippen molar-refractivity contribution in [1.82, 2.24) is 10.0 Å². The van der Waals surface area contributed by atoms with Crippen LogP contribution < -0.4 is 14.8 Å². The molecule has 0 aliphatic heterocycles. The van der Waals surface area contributed by atoms with Gasteiger partial charge in [-0.15, -0.1) is 0 Å². The van der Waals surface area contributed by atoms with Crippen LogP contribution in [0.3, 0.4) is 0 Å². The molecule has 0 bridgehead atoms. The second-order valence-corrected chi connectivity index (χ2v) is 7.46. The van der Waals surface area contributed by atoms with Gasteiger partial charge in [0, 0.05) is 25.2 Å². The summed E-state index contributed by atoms with van der Waals surface area (Å²) in [5, 5.41) is 22.3. The summed E-state index contributed by atoms with van der Waals surface area (Å²) in [6, 6.07) is 10.3. The van der Waals surface area contributed by atoms with Crippen molar-refractivity contribution in [2.45, 2.75) is 17.9 Å². The number of nitro groups is 1. The van der Waals surface area contributed by atoms with Crippen molar-refractivity contribution < 1.29 is 28.0 Å². The standard InChI is InChI=1S/C17H19N3O7S/c1-12(27-15-6-4-14(21)5-7-15)17(22)18-10-11-19-28(25,26)16-8-2-13(3-9-16)20(23)24/h2-9,12,19,21H,10-11H2,1H3,(H,18,22). The van der Waals surface area contributed by atoms with Gasteiger partial charge in [-0.05, 0) is 43.3 Å². The van der Waals surface area contributed by atoms with Crippen LogP contribution in [0.5, 0.6) is 11.5 Å².